The number of hydrogen-bond acceptors (Lipinski definition) is 3. The summed E-state index contributed by atoms with van der Waals surface area (Å²) in [7, 11) is 0. The van der Waals surface area contributed by atoms with Crippen LogP contribution in [0.25, 0.3) is 0 Å². The van der Waals surface area contributed by atoms with Crippen LogP contribution in [0.1, 0.15) is 24.3 Å². The maximum Gasteiger partial charge on any atom is 0.226 e. The second kappa shape index (κ2) is 7.24. The molecule has 0 aliphatic rings. The van der Waals surface area contributed by atoms with E-state index in [0.29, 0.717) is 10.7 Å². The van der Waals surface area contributed by atoms with Gasteiger partial charge in [0.05, 0.1) is 23.2 Å². The van der Waals surface area contributed by atoms with Gasteiger partial charge in [-0.25, -0.2) is 0 Å². The zero-order chi connectivity index (χ0) is 15.2. The molecule has 0 spiro atoms. The topological polar surface area (TPSA) is 58.2 Å². The number of carbonyl (C=O) groups excluding carboxylic acids is 2. The predicted molar refractivity (Wildman–Crippen MR) is 85.6 cm³/mol. The van der Waals surface area contributed by atoms with Crippen LogP contribution in [0.5, 0.6) is 0 Å². The lowest BCUT2D eigenvalue weighted by Gasteiger charge is -2.16. The lowest BCUT2D eigenvalue weighted by atomic mass is 10.1. The van der Waals surface area contributed by atoms with Crippen molar-refractivity contribution in [3.8, 4) is 0 Å². The average Bonchev–Trinajstić information content (AvgIpc) is 2.94. The zero-order valence-corrected chi connectivity index (χ0v) is 13.0. The molecule has 0 aliphatic heterocycles. The van der Waals surface area contributed by atoms with E-state index < -0.39 is 0 Å². The monoisotopic (exact) mass is 322 g/mol. The molecule has 0 unspecified atom stereocenters. The fourth-order valence-electron chi connectivity index (χ4n) is 1.91. The molecule has 2 rings (SSSR count). The number of halogens is 1. The molecule has 0 radical (unpaired) electrons. The van der Waals surface area contributed by atoms with Crippen LogP contribution in [0.2, 0.25) is 5.02 Å². The molecular weight excluding hydrogens is 308 g/mol. The molecule has 1 aromatic heterocycles. The standard InChI is InChI=1S/C15H15ClN2O2S/c1-10(19)17-13(14-7-4-8-21-14)9-15(20)18-12-6-3-2-5-11(12)16/h2-8,13H,9H2,1H3,(H,17,19)(H,18,20)/t13-/m1/s1. The maximum atomic E-state index is 12.1. The summed E-state index contributed by atoms with van der Waals surface area (Å²) in [6.45, 7) is 1.44. The molecule has 0 saturated carbocycles. The number of nitrogens with one attached hydrogen (secondary N) is 2. The average molecular weight is 323 g/mol. The third kappa shape index (κ3) is 4.58. The minimum atomic E-state index is -0.329. The van der Waals surface area contributed by atoms with Gasteiger partial charge in [0.2, 0.25) is 11.8 Å². The molecule has 2 aromatic rings. The van der Waals surface area contributed by atoms with Crippen LogP contribution < -0.4 is 10.6 Å². The van der Waals surface area contributed by atoms with E-state index >= 15 is 0 Å². The van der Waals surface area contributed by atoms with E-state index in [0.717, 1.165) is 4.88 Å². The summed E-state index contributed by atoms with van der Waals surface area (Å²) in [5.74, 6) is -0.366. The zero-order valence-electron chi connectivity index (χ0n) is 11.4. The van der Waals surface area contributed by atoms with Gasteiger partial charge in [0.25, 0.3) is 0 Å². The highest BCUT2D eigenvalue weighted by Gasteiger charge is 2.18. The van der Waals surface area contributed by atoms with Crippen LogP contribution in [-0.2, 0) is 9.59 Å². The SMILES string of the molecule is CC(=O)N[C@H](CC(=O)Nc1ccccc1Cl)c1cccs1. The van der Waals surface area contributed by atoms with Crippen molar-refractivity contribution in [2.75, 3.05) is 5.32 Å². The van der Waals surface area contributed by atoms with Gasteiger partial charge in [0.1, 0.15) is 0 Å². The molecular formula is C15H15ClN2O2S. The Labute approximate surface area is 132 Å². The highest BCUT2D eigenvalue weighted by molar-refractivity contribution is 7.10. The van der Waals surface area contributed by atoms with Gasteiger partial charge in [0.15, 0.2) is 0 Å². The van der Waals surface area contributed by atoms with Crippen LogP contribution in [0.15, 0.2) is 41.8 Å². The molecule has 110 valence electrons. The number of rotatable bonds is 5. The highest BCUT2D eigenvalue weighted by Crippen LogP contribution is 2.24. The van der Waals surface area contributed by atoms with E-state index in [2.05, 4.69) is 10.6 Å². The van der Waals surface area contributed by atoms with Gasteiger partial charge in [0, 0.05) is 11.8 Å². The first-order valence-electron chi connectivity index (χ1n) is 6.41. The normalized spacial score (nSPS) is 11.7. The van der Waals surface area contributed by atoms with E-state index in [4.69, 9.17) is 11.6 Å². The van der Waals surface area contributed by atoms with E-state index in [-0.39, 0.29) is 24.3 Å². The predicted octanol–water partition coefficient (Wildman–Crippen LogP) is 3.61. The Hall–Kier alpha value is -1.85. The molecule has 0 saturated heterocycles. The lowest BCUT2D eigenvalue weighted by molar-refractivity contribution is -0.120. The molecule has 2 amide bonds. The number of thiophene rings is 1. The fourth-order valence-corrected chi connectivity index (χ4v) is 2.87. The largest absolute Gasteiger partial charge is 0.348 e. The van der Waals surface area contributed by atoms with Gasteiger partial charge in [-0.3, -0.25) is 9.59 Å². The summed E-state index contributed by atoms with van der Waals surface area (Å²) in [5, 5.41) is 7.95. The van der Waals surface area contributed by atoms with Gasteiger partial charge in [-0.1, -0.05) is 29.8 Å². The Kier molecular flexibility index (Phi) is 5.36. The highest BCUT2D eigenvalue weighted by atomic mass is 35.5. The van der Waals surface area contributed by atoms with Gasteiger partial charge >= 0.3 is 0 Å². The summed E-state index contributed by atoms with van der Waals surface area (Å²) in [6, 6.07) is 10.5. The van der Waals surface area contributed by atoms with Crippen LogP contribution in [0, 0.1) is 0 Å². The quantitative estimate of drug-likeness (QED) is 0.883. The van der Waals surface area contributed by atoms with Crippen molar-refractivity contribution < 1.29 is 9.59 Å². The Bertz CT molecular complexity index is 628. The number of anilines is 1. The number of carbonyl (C=O) groups is 2. The molecule has 2 N–H and O–H groups in total. The Morgan fingerprint density at radius 1 is 1.24 bits per heavy atom. The fraction of sp³-hybridized carbons (Fsp3) is 0.200. The smallest absolute Gasteiger partial charge is 0.226 e. The lowest BCUT2D eigenvalue weighted by Crippen LogP contribution is -2.29. The molecule has 0 fully saturated rings. The summed E-state index contributed by atoms with van der Waals surface area (Å²) in [5.41, 5.74) is 0.567. The van der Waals surface area contributed by atoms with E-state index in [1.807, 2.05) is 17.5 Å². The van der Waals surface area contributed by atoms with Crippen molar-refractivity contribution in [1.82, 2.24) is 5.32 Å². The van der Waals surface area contributed by atoms with Gasteiger partial charge < -0.3 is 10.6 Å². The van der Waals surface area contributed by atoms with Gasteiger partial charge in [-0.2, -0.15) is 0 Å². The van der Waals surface area contributed by atoms with Crippen molar-refractivity contribution in [2.45, 2.75) is 19.4 Å². The van der Waals surface area contributed by atoms with Crippen LogP contribution in [-0.4, -0.2) is 11.8 Å². The first-order valence-corrected chi connectivity index (χ1v) is 7.67. The first-order chi connectivity index (χ1) is 10.1. The third-order valence-corrected chi connectivity index (χ3v) is 4.12. The maximum absolute atomic E-state index is 12.1. The van der Waals surface area contributed by atoms with Crippen molar-refractivity contribution in [1.29, 1.82) is 0 Å². The van der Waals surface area contributed by atoms with Gasteiger partial charge in [-0.15, -0.1) is 11.3 Å². The number of benzene rings is 1. The number of amides is 2. The Balaban J connectivity index is 2.05. The molecule has 4 nitrogen and oxygen atoms in total. The van der Waals surface area contributed by atoms with Crippen molar-refractivity contribution >= 4 is 40.4 Å². The van der Waals surface area contributed by atoms with Crippen molar-refractivity contribution in [3.63, 3.8) is 0 Å². The van der Waals surface area contributed by atoms with Crippen molar-refractivity contribution in [3.05, 3.63) is 51.7 Å². The summed E-state index contributed by atoms with van der Waals surface area (Å²) in [4.78, 5) is 24.4. The van der Waals surface area contributed by atoms with Crippen molar-refractivity contribution in [2.24, 2.45) is 0 Å². The van der Waals surface area contributed by atoms with E-state index in [9.17, 15) is 9.59 Å². The second-order valence-electron chi connectivity index (χ2n) is 4.50. The molecule has 1 atom stereocenters. The summed E-state index contributed by atoms with van der Waals surface area (Å²) in [6.07, 6.45) is 0.158. The van der Waals surface area contributed by atoms with E-state index in [1.54, 1.807) is 24.3 Å². The van der Waals surface area contributed by atoms with E-state index in [1.165, 1.54) is 18.3 Å². The summed E-state index contributed by atoms with van der Waals surface area (Å²) < 4.78 is 0. The molecule has 6 heteroatoms. The first kappa shape index (κ1) is 15.5. The number of hydrogen-bond donors (Lipinski definition) is 2. The number of para-hydroxylation sites is 1. The molecule has 21 heavy (non-hydrogen) atoms. The Morgan fingerprint density at radius 2 is 2.00 bits per heavy atom. The molecule has 1 aromatic carbocycles. The molecule has 1 heterocycles. The second-order valence-corrected chi connectivity index (χ2v) is 5.89. The van der Waals surface area contributed by atoms with Crippen LogP contribution in [0.4, 0.5) is 5.69 Å². The minimum Gasteiger partial charge on any atom is -0.348 e. The Morgan fingerprint density at radius 3 is 2.62 bits per heavy atom. The van der Waals surface area contributed by atoms with Crippen LogP contribution in [0.3, 0.4) is 0 Å². The molecule has 0 aliphatic carbocycles. The third-order valence-electron chi connectivity index (χ3n) is 2.80. The van der Waals surface area contributed by atoms with Gasteiger partial charge in [-0.05, 0) is 23.6 Å². The van der Waals surface area contributed by atoms with Crippen LogP contribution >= 0.6 is 22.9 Å². The molecule has 0 bridgehead atoms. The summed E-state index contributed by atoms with van der Waals surface area (Å²) >= 11 is 7.51. The minimum absolute atomic E-state index is 0.158.